The fourth-order valence-corrected chi connectivity index (χ4v) is 4.21. The van der Waals surface area contributed by atoms with E-state index in [-0.39, 0.29) is 0 Å². The first-order chi connectivity index (χ1) is 16.3. The van der Waals surface area contributed by atoms with E-state index in [0.29, 0.717) is 0 Å². The van der Waals surface area contributed by atoms with Crippen LogP contribution in [-0.4, -0.2) is 173 Å². The molecular formula is C18H32O16. The van der Waals surface area contributed by atoms with Crippen molar-refractivity contribution in [2.45, 2.75) is 91.4 Å². The third kappa shape index (κ3) is 4.71. The monoisotopic (exact) mass is 505 g/mol. The second-order valence-corrected chi connectivity index (χ2v) is 8.42. The van der Waals surface area contributed by atoms with Crippen molar-refractivity contribution in [2.24, 2.45) is 0 Å². The fourth-order valence-electron chi connectivity index (χ4n) is 4.21. The van der Waals surface area contributed by atoms with Crippen molar-refractivity contribution in [2.75, 3.05) is 19.8 Å². The molecule has 0 spiro atoms. The van der Waals surface area contributed by atoms with Crippen LogP contribution in [0.25, 0.3) is 0 Å². The van der Waals surface area contributed by atoms with Gasteiger partial charge in [-0.05, 0) is 0 Å². The van der Waals surface area contributed by atoms with Crippen molar-refractivity contribution in [1.82, 2.24) is 0 Å². The molecule has 0 saturated carbocycles. The lowest BCUT2D eigenvalue weighted by atomic mass is 9.83. The van der Waals surface area contributed by atoms with Crippen molar-refractivity contribution in [3.05, 3.63) is 0 Å². The van der Waals surface area contributed by atoms with E-state index in [1.54, 1.807) is 0 Å². The van der Waals surface area contributed by atoms with Gasteiger partial charge in [-0.25, -0.2) is 0 Å². The molecular weight excluding hydrogens is 472 g/mol. The van der Waals surface area contributed by atoms with E-state index >= 15 is 0 Å². The third-order valence-electron chi connectivity index (χ3n) is 6.25. The van der Waals surface area contributed by atoms with Gasteiger partial charge >= 0.3 is 0 Å². The van der Waals surface area contributed by atoms with Gasteiger partial charge < -0.3 is 80.2 Å². The van der Waals surface area contributed by atoms with E-state index < -0.39 is 111 Å². The molecule has 0 radical (unpaired) electrons. The van der Waals surface area contributed by atoms with E-state index in [2.05, 4.69) is 0 Å². The standard InChI is InChI=1S/C18H32O16/c19-1-4-7(22)9(24)11(26)16(31-4)18(30)15(29)13(28)14(6(3-21)34-18)33-17-12(27)10(25)8(23)5(2-20)32-17/h4-17,19-30H,1-3H2/t4-,5-,6-,7+,8+,9+,10+,11-,12-,13+,14-,15-,16?,17+,18?/m1/s1/i13D. The van der Waals surface area contributed by atoms with Crippen LogP contribution in [0.4, 0.5) is 0 Å². The van der Waals surface area contributed by atoms with Crippen LogP contribution in [0.2, 0.25) is 0 Å². The molecule has 0 bridgehead atoms. The summed E-state index contributed by atoms with van der Waals surface area (Å²) in [5, 5.41) is 121. The molecule has 200 valence electrons. The quantitative estimate of drug-likeness (QED) is 0.160. The predicted molar refractivity (Wildman–Crippen MR) is 101 cm³/mol. The second-order valence-electron chi connectivity index (χ2n) is 8.42. The van der Waals surface area contributed by atoms with Crippen LogP contribution < -0.4 is 0 Å². The maximum atomic E-state index is 11.1. The molecule has 0 aromatic carbocycles. The molecule has 3 aliphatic heterocycles. The summed E-state index contributed by atoms with van der Waals surface area (Å²) in [6.45, 7) is -2.86. The third-order valence-corrected chi connectivity index (χ3v) is 6.25. The van der Waals surface area contributed by atoms with Gasteiger partial charge in [-0.15, -0.1) is 0 Å². The highest BCUT2D eigenvalue weighted by atomic mass is 16.7. The Morgan fingerprint density at radius 1 is 0.676 bits per heavy atom. The van der Waals surface area contributed by atoms with Crippen LogP contribution >= 0.6 is 0 Å². The van der Waals surface area contributed by atoms with E-state index in [0.717, 1.165) is 0 Å². The summed E-state index contributed by atoms with van der Waals surface area (Å²) in [6.07, 6.45) is -28.9. The molecule has 15 atom stereocenters. The van der Waals surface area contributed by atoms with Gasteiger partial charge in [0.1, 0.15) is 79.3 Å². The van der Waals surface area contributed by atoms with Gasteiger partial charge in [-0.1, -0.05) is 0 Å². The first kappa shape index (κ1) is 26.4. The van der Waals surface area contributed by atoms with Crippen LogP contribution in [0.15, 0.2) is 0 Å². The summed E-state index contributed by atoms with van der Waals surface area (Å²) in [5.74, 6) is -3.23. The lowest BCUT2D eigenvalue weighted by Gasteiger charge is -2.53. The average molecular weight is 505 g/mol. The summed E-state index contributed by atoms with van der Waals surface area (Å²) >= 11 is 0. The van der Waals surface area contributed by atoms with Gasteiger partial charge in [0.25, 0.3) is 0 Å². The minimum Gasteiger partial charge on any atom is -0.394 e. The zero-order valence-corrected chi connectivity index (χ0v) is 17.6. The Balaban J connectivity index is 1.89. The largest absolute Gasteiger partial charge is 0.394 e. The van der Waals surface area contributed by atoms with E-state index in [1.165, 1.54) is 0 Å². The van der Waals surface area contributed by atoms with Gasteiger partial charge in [0.15, 0.2) is 6.29 Å². The number of rotatable bonds is 6. The predicted octanol–water partition coefficient (Wildman–Crippen LogP) is -8.18. The Morgan fingerprint density at radius 2 is 1.18 bits per heavy atom. The second kappa shape index (κ2) is 10.8. The molecule has 16 heteroatoms. The molecule has 0 aromatic rings. The van der Waals surface area contributed by atoms with Crippen molar-refractivity contribution in [1.29, 1.82) is 0 Å². The van der Waals surface area contributed by atoms with Gasteiger partial charge in [0, 0.05) is 0 Å². The maximum absolute atomic E-state index is 11.1. The first-order valence-electron chi connectivity index (χ1n) is 10.9. The van der Waals surface area contributed by atoms with E-state index in [4.69, 9.17) is 20.3 Å². The first-order valence-corrected chi connectivity index (χ1v) is 10.4. The van der Waals surface area contributed by atoms with Gasteiger partial charge in [-0.2, -0.15) is 0 Å². The maximum Gasteiger partial charge on any atom is 0.225 e. The SMILES string of the molecule is [2H][C@]1(O)[C@H](O[C@@H]2O[C@H](CO)[C@H](O)[C@H](O)[C@H]2O)[C@@H](CO)OC(O)(C2O[C@H](CO)[C@H](O)[C@H](O)[C@H]2O)[C@@H]1O. The summed E-state index contributed by atoms with van der Waals surface area (Å²) in [6, 6.07) is 0. The zero-order valence-electron chi connectivity index (χ0n) is 18.6. The summed E-state index contributed by atoms with van der Waals surface area (Å²) in [7, 11) is 0. The lowest BCUT2D eigenvalue weighted by Crippen LogP contribution is -2.75. The van der Waals surface area contributed by atoms with Crippen molar-refractivity contribution >= 4 is 0 Å². The highest BCUT2D eigenvalue weighted by molar-refractivity contribution is 5.06. The minimum atomic E-state index is -3.32. The van der Waals surface area contributed by atoms with Gasteiger partial charge in [0.05, 0.1) is 21.2 Å². The van der Waals surface area contributed by atoms with E-state index in [9.17, 15) is 61.3 Å². The smallest absolute Gasteiger partial charge is 0.225 e. The van der Waals surface area contributed by atoms with Crippen LogP contribution in [0.5, 0.6) is 0 Å². The Labute approximate surface area is 193 Å². The Bertz CT molecular complexity index is 712. The molecule has 12 N–H and O–H groups in total. The van der Waals surface area contributed by atoms with Crippen LogP contribution in [0.1, 0.15) is 1.37 Å². The van der Waals surface area contributed by atoms with Gasteiger partial charge in [0.2, 0.25) is 5.79 Å². The highest BCUT2D eigenvalue weighted by Gasteiger charge is 2.63. The summed E-state index contributed by atoms with van der Waals surface area (Å²) in [5.41, 5.74) is 0. The topological polar surface area (TPSA) is 280 Å². The number of hydrogen-bond acceptors (Lipinski definition) is 16. The normalized spacial score (nSPS) is 57.3. The molecule has 34 heavy (non-hydrogen) atoms. The molecule has 3 rings (SSSR count). The van der Waals surface area contributed by atoms with Crippen molar-refractivity contribution in [3.8, 4) is 0 Å². The van der Waals surface area contributed by atoms with Crippen LogP contribution in [-0.2, 0) is 18.9 Å². The summed E-state index contributed by atoms with van der Waals surface area (Å²) in [4.78, 5) is 0. The Morgan fingerprint density at radius 3 is 1.71 bits per heavy atom. The van der Waals surface area contributed by atoms with E-state index in [1.807, 2.05) is 0 Å². The lowest BCUT2D eigenvalue weighted by molar-refractivity contribution is -0.420. The molecule has 0 aromatic heterocycles. The zero-order chi connectivity index (χ0) is 26.5. The van der Waals surface area contributed by atoms with Crippen molar-refractivity contribution < 1.29 is 81.6 Å². The fraction of sp³-hybridized carbons (Fsp3) is 1.00. The number of aliphatic hydroxyl groups excluding tert-OH is 10. The molecule has 3 saturated heterocycles. The molecule has 3 fully saturated rings. The van der Waals surface area contributed by atoms with Gasteiger partial charge in [-0.3, -0.25) is 0 Å². The number of ether oxygens (including phenoxy) is 4. The highest BCUT2D eigenvalue weighted by Crippen LogP contribution is 2.39. The Kier molecular flexibility index (Phi) is 8.37. The molecule has 2 unspecified atom stereocenters. The van der Waals surface area contributed by atoms with Crippen LogP contribution in [0.3, 0.4) is 0 Å². The molecule has 16 nitrogen and oxygen atoms in total. The van der Waals surface area contributed by atoms with Crippen LogP contribution in [0, 0.1) is 0 Å². The minimum absolute atomic E-state index is 0.833. The molecule has 0 amide bonds. The number of aliphatic hydroxyl groups is 12. The summed E-state index contributed by atoms with van der Waals surface area (Å²) < 4.78 is 29.1. The average Bonchev–Trinajstić information content (AvgIpc) is 2.83. The molecule has 3 heterocycles. The number of hydrogen-bond donors (Lipinski definition) is 12. The molecule has 0 aliphatic carbocycles. The van der Waals surface area contributed by atoms with Crippen molar-refractivity contribution in [3.63, 3.8) is 0 Å². The Hall–Kier alpha value is -0.640. The molecule has 3 aliphatic rings.